The summed E-state index contributed by atoms with van der Waals surface area (Å²) in [5.74, 6) is -1.11. The Bertz CT molecular complexity index is 1800. The summed E-state index contributed by atoms with van der Waals surface area (Å²) in [7, 11) is 1.82. The van der Waals surface area contributed by atoms with Gasteiger partial charge in [0.05, 0.1) is 23.1 Å². The molecule has 0 aliphatic carbocycles. The Hall–Kier alpha value is -4.18. The molecule has 1 aliphatic rings. The van der Waals surface area contributed by atoms with Crippen LogP contribution < -0.4 is 5.73 Å². The van der Waals surface area contributed by atoms with Gasteiger partial charge in [-0.15, -0.1) is 0 Å². The zero-order valence-electron chi connectivity index (χ0n) is 27.8. The van der Waals surface area contributed by atoms with E-state index in [1.54, 1.807) is 12.1 Å². The van der Waals surface area contributed by atoms with Gasteiger partial charge in [0.1, 0.15) is 5.65 Å². The number of pyridine rings is 2. The van der Waals surface area contributed by atoms with Crippen molar-refractivity contribution in [1.82, 2.24) is 24.3 Å². The van der Waals surface area contributed by atoms with Crippen LogP contribution in [-0.4, -0.2) is 57.3 Å². The number of benzene rings is 1. The number of alkyl halides is 3. The first-order chi connectivity index (χ1) is 21.4. The number of carbonyl (C=O) groups excluding carboxylic acids is 1. The van der Waals surface area contributed by atoms with Gasteiger partial charge in [-0.25, -0.2) is 4.98 Å². The fraction of sp³-hybridized carbons (Fsp3) is 0.300. The van der Waals surface area contributed by atoms with Crippen molar-refractivity contribution in [2.75, 3.05) is 32.8 Å². The molecular formula is C30H31F3N6O. The maximum atomic E-state index is 13.9. The number of halogens is 3. The highest BCUT2D eigenvalue weighted by molar-refractivity contribution is 5.95. The number of fused-ring (bicyclic) bond motifs is 1. The molecule has 4 aromatic rings. The van der Waals surface area contributed by atoms with E-state index < -0.39 is 31.6 Å². The summed E-state index contributed by atoms with van der Waals surface area (Å²) in [5, 5.41) is 0.535. The molecule has 0 fully saturated rings. The number of hydrogen-bond acceptors (Lipinski definition) is 5. The maximum Gasteiger partial charge on any atom is 0.418 e. The number of amides is 1. The molecule has 0 saturated heterocycles. The summed E-state index contributed by atoms with van der Waals surface area (Å²) in [6.07, 6.45) is 0.695. The van der Waals surface area contributed by atoms with E-state index in [4.69, 9.17) is 14.0 Å². The first kappa shape index (κ1) is 20.7. The molecule has 0 saturated carbocycles. The zero-order valence-corrected chi connectivity index (χ0v) is 21.8. The van der Waals surface area contributed by atoms with Crippen molar-refractivity contribution in [2.45, 2.75) is 25.6 Å². The first-order valence-corrected chi connectivity index (χ1v) is 12.5. The lowest BCUT2D eigenvalue weighted by Gasteiger charge is -2.32. The summed E-state index contributed by atoms with van der Waals surface area (Å²) in [6, 6.07) is 10.3. The molecule has 0 bridgehead atoms. The number of aromatic nitrogens is 3. The third-order valence-corrected chi connectivity index (χ3v) is 7.36. The largest absolute Gasteiger partial charge is 0.418 e. The number of rotatable bonds is 5. The van der Waals surface area contributed by atoms with Crippen LogP contribution in [0.25, 0.3) is 27.9 Å². The summed E-state index contributed by atoms with van der Waals surface area (Å²) in [4.78, 5) is 23.4. The van der Waals surface area contributed by atoms with E-state index in [1.807, 2.05) is 30.7 Å². The van der Waals surface area contributed by atoms with Gasteiger partial charge in [-0.1, -0.05) is 18.2 Å². The molecule has 40 heavy (non-hydrogen) atoms. The molecule has 1 aliphatic heterocycles. The Balaban J connectivity index is 1.37. The van der Waals surface area contributed by atoms with Gasteiger partial charge in [-0.3, -0.25) is 14.7 Å². The Morgan fingerprint density at radius 3 is 2.55 bits per heavy atom. The Labute approximate surface area is 239 Å². The predicted molar refractivity (Wildman–Crippen MR) is 150 cm³/mol. The smallest absolute Gasteiger partial charge is 0.397 e. The molecule has 1 aromatic carbocycles. The number of carbonyl (C=O) groups is 1. The summed E-state index contributed by atoms with van der Waals surface area (Å²) < 4.78 is 88.5. The molecular weight excluding hydrogens is 517 g/mol. The summed E-state index contributed by atoms with van der Waals surface area (Å²) in [5.41, 5.74) is 7.84. The molecule has 7 nitrogen and oxygen atoms in total. The molecule has 1 amide bonds. The fourth-order valence-electron chi connectivity index (χ4n) is 5.20. The van der Waals surface area contributed by atoms with Crippen molar-refractivity contribution in [1.29, 1.82) is 0 Å². The minimum Gasteiger partial charge on any atom is -0.397 e. The molecule has 10 heteroatoms. The molecule has 4 heterocycles. The van der Waals surface area contributed by atoms with Crippen molar-refractivity contribution in [2.24, 2.45) is 7.05 Å². The lowest BCUT2D eigenvalue weighted by molar-refractivity contribution is -0.137. The third-order valence-electron chi connectivity index (χ3n) is 7.36. The van der Waals surface area contributed by atoms with Gasteiger partial charge in [0, 0.05) is 76.8 Å². The van der Waals surface area contributed by atoms with Crippen molar-refractivity contribution in [3.05, 3.63) is 83.3 Å². The molecule has 1 atom stereocenters. The van der Waals surface area contributed by atoms with Gasteiger partial charge in [0.2, 0.25) is 0 Å². The number of nitrogens with zero attached hydrogens (tertiary/aromatic N) is 5. The number of nitrogen functional groups attached to an aromatic ring is 1. The normalized spacial score (nSPS) is 18.1. The van der Waals surface area contributed by atoms with Gasteiger partial charge in [-0.2, -0.15) is 13.2 Å². The van der Waals surface area contributed by atoms with Crippen LogP contribution in [0.5, 0.6) is 0 Å². The van der Waals surface area contributed by atoms with E-state index in [0.717, 1.165) is 22.9 Å². The zero-order chi connectivity index (χ0) is 33.8. The van der Waals surface area contributed by atoms with Crippen molar-refractivity contribution >= 4 is 28.2 Å². The average Bonchev–Trinajstić information content (AvgIpc) is 3.31. The Morgan fingerprint density at radius 2 is 1.90 bits per heavy atom. The maximum absolute atomic E-state index is 13.9. The van der Waals surface area contributed by atoms with Crippen LogP contribution in [0.15, 0.2) is 60.9 Å². The molecule has 5 rings (SSSR count). The Morgan fingerprint density at radius 1 is 1.15 bits per heavy atom. The number of hydrogen-bond donors (Lipinski definition) is 1. The van der Waals surface area contributed by atoms with Crippen LogP contribution in [0, 0.1) is 0 Å². The van der Waals surface area contributed by atoms with Crippen molar-refractivity contribution < 1.29 is 26.2 Å². The van der Waals surface area contributed by atoms with Crippen LogP contribution in [0.2, 0.25) is 0 Å². The number of nitrogens with two attached hydrogens (primary N) is 1. The highest BCUT2D eigenvalue weighted by Gasteiger charge is 2.35. The second-order valence-electron chi connectivity index (χ2n) is 9.75. The lowest BCUT2D eigenvalue weighted by Crippen LogP contribution is -2.32. The monoisotopic (exact) mass is 554 g/mol. The van der Waals surface area contributed by atoms with Crippen molar-refractivity contribution in [3.63, 3.8) is 0 Å². The van der Waals surface area contributed by atoms with Crippen LogP contribution in [0.1, 0.15) is 54.8 Å². The van der Waals surface area contributed by atoms with E-state index in [-0.39, 0.29) is 27.9 Å². The average molecular weight is 555 g/mol. The van der Waals surface area contributed by atoms with Gasteiger partial charge >= 0.3 is 6.18 Å². The van der Waals surface area contributed by atoms with E-state index in [9.17, 15) is 18.0 Å². The molecule has 3 aromatic heterocycles. The summed E-state index contributed by atoms with van der Waals surface area (Å²) in [6.45, 7) is -3.04. The van der Waals surface area contributed by atoms with E-state index >= 15 is 0 Å². The standard InChI is InChI=1S/C30H31F3N6O/c1-18(39-13-10-20(11-14-39)19-5-7-21(8-6-19)29(40)37(2)3)26-16-24-23(9-12-35-28(24)38(26)4)27-25(30(31,32)33)15-22(34)17-36-27/h5-10,12,15-18H,11,13-14,34H2,1-4H3/t18-/m0/s1/i2D3,3D3. The second-order valence-corrected chi connectivity index (χ2v) is 9.75. The lowest BCUT2D eigenvalue weighted by atomic mass is 9.97. The Kier molecular flexibility index (Phi) is 5.39. The molecule has 0 spiro atoms. The molecule has 0 radical (unpaired) electrons. The van der Waals surface area contributed by atoms with Gasteiger partial charge in [0.15, 0.2) is 0 Å². The van der Waals surface area contributed by atoms with Crippen LogP contribution in [0.4, 0.5) is 18.9 Å². The molecule has 2 N–H and O–H groups in total. The molecule has 0 unspecified atom stereocenters. The number of anilines is 1. The van der Waals surface area contributed by atoms with E-state index in [1.165, 1.54) is 30.6 Å². The highest BCUT2D eigenvalue weighted by atomic mass is 19.4. The summed E-state index contributed by atoms with van der Waals surface area (Å²) >= 11 is 0. The van der Waals surface area contributed by atoms with E-state index in [0.29, 0.717) is 36.1 Å². The van der Waals surface area contributed by atoms with Crippen LogP contribution in [0.3, 0.4) is 0 Å². The predicted octanol–water partition coefficient (Wildman–Crippen LogP) is 5.79. The minimum atomic E-state index is -4.65. The first-order valence-electron chi connectivity index (χ1n) is 15.5. The minimum absolute atomic E-state index is 0.0528. The van der Waals surface area contributed by atoms with Gasteiger partial charge in [-0.05, 0) is 54.8 Å². The third kappa shape index (κ3) is 5.06. The number of aryl methyl sites for hydroxylation is 1. The topological polar surface area (TPSA) is 80.3 Å². The fourth-order valence-corrected chi connectivity index (χ4v) is 5.20. The highest BCUT2D eigenvalue weighted by Crippen LogP contribution is 2.40. The van der Waals surface area contributed by atoms with Crippen LogP contribution >= 0.6 is 0 Å². The second kappa shape index (κ2) is 10.4. The van der Waals surface area contributed by atoms with E-state index in [2.05, 4.69) is 14.9 Å². The van der Waals surface area contributed by atoms with Gasteiger partial charge in [0.25, 0.3) is 5.91 Å². The van der Waals surface area contributed by atoms with Crippen LogP contribution in [-0.2, 0) is 13.2 Å². The molecule has 208 valence electrons. The quantitative estimate of drug-likeness (QED) is 0.338. The van der Waals surface area contributed by atoms with Gasteiger partial charge < -0.3 is 15.2 Å². The SMILES string of the molecule is [2H]C([2H])([2H])N(C(=O)c1ccc(C2=CCN([C@@H](C)c3cc4c(-c5ncc(N)cc5C(F)(F)F)ccnc4n3C)CC2)cc1)C([2H])([2H])[2H]. The van der Waals surface area contributed by atoms with Crippen molar-refractivity contribution in [3.8, 4) is 11.3 Å².